The van der Waals surface area contributed by atoms with Gasteiger partial charge in [-0.3, -0.25) is 4.98 Å². The first-order valence-corrected chi connectivity index (χ1v) is 8.36. The molecule has 5 nitrogen and oxygen atoms in total. The lowest BCUT2D eigenvalue weighted by atomic mass is 10.1. The van der Waals surface area contributed by atoms with E-state index in [2.05, 4.69) is 54.2 Å². The Kier molecular flexibility index (Phi) is 3.57. The fraction of sp³-hybridized carbons (Fsp3) is 0.0625. The van der Waals surface area contributed by atoms with Crippen LogP contribution in [0.5, 0.6) is 0 Å². The van der Waals surface area contributed by atoms with Crippen molar-refractivity contribution in [3.63, 3.8) is 0 Å². The van der Waals surface area contributed by atoms with Crippen LogP contribution < -0.4 is 5.73 Å². The van der Waals surface area contributed by atoms with Crippen molar-refractivity contribution in [2.45, 2.75) is 6.54 Å². The van der Waals surface area contributed by atoms with E-state index in [-0.39, 0.29) is 0 Å². The van der Waals surface area contributed by atoms with Gasteiger partial charge >= 0.3 is 0 Å². The maximum atomic E-state index is 6.03. The normalized spacial score (nSPS) is 11.4. The summed E-state index contributed by atoms with van der Waals surface area (Å²) in [4.78, 5) is 12.8. The highest BCUT2D eigenvalue weighted by molar-refractivity contribution is 14.1. The van der Waals surface area contributed by atoms with Crippen LogP contribution in [0.4, 0.5) is 5.82 Å². The standard InChI is InChI=1S/C16H11ClIN5/c17-11-4-10-3-9(1-2-13(10)20-5-11)6-23-7-12(18)14-15(19)21-8-22-16(14)23/h1-5,7-8H,6H2,(H2,19,21,22). The summed E-state index contributed by atoms with van der Waals surface area (Å²) >= 11 is 8.29. The molecule has 2 N–H and O–H groups in total. The molecule has 1 aromatic carbocycles. The molecule has 0 spiro atoms. The highest BCUT2D eigenvalue weighted by Gasteiger charge is 2.12. The van der Waals surface area contributed by atoms with Crippen LogP contribution in [0, 0.1) is 3.57 Å². The highest BCUT2D eigenvalue weighted by Crippen LogP contribution is 2.26. The molecule has 3 heterocycles. The van der Waals surface area contributed by atoms with Crippen LogP contribution in [0.3, 0.4) is 0 Å². The van der Waals surface area contributed by atoms with Gasteiger partial charge in [0.15, 0.2) is 0 Å². The van der Waals surface area contributed by atoms with Gasteiger partial charge in [0.25, 0.3) is 0 Å². The molecule has 4 aromatic rings. The first-order chi connectivity index (χ1) is 11.1. The Balaban J connectivity index is 1.80. The Hall–Kier alpha value is -1.93. The summed E-state index contributed by atoms with van der Waals surface area (Å²) in [7, 11) is 0. The second-order valence-electron chi connectivity index (χ2n) is 5.24. The van der Waals surface area contributed by atoms with E-state index >= 15 is 0 Å². The van der Waals surface area contributed by atoms with Gasteiger partial charge in [-0.05, 0) is 46.4 Å². The first kappa shape index (κ1) is 14.6. The Morgan fingerprint density at radius 1 is 1.17 bits per heavy atom. The molecule has 0 aliphatic heterocycles. The van der Waals surface area contributed by atoms with E-state index in [1.54, 1.807) is 6.20 Å². The molecule has 0 unspecified atom stereocenters. The number of nitrogen functional groups attached to an aromatic ring is 1. The minimum atomic E-state index is 0.507. The van der Waals surface area contributed by atoms with Crippen LogP contribution in [-0.2, 0) is 6.54 Å². The summed E-state index contributed by atoms with van der Waals surface area (Å²) in [5.41, 5.74) is 8.87. The van der Waals surface area contributed by atoms with E-state index < -0.39 is 0 Å². The van der Waals surface area contributed by atoms with Crippen LogP contribution in [0.15, 0.2) is 43.0 Å². The Bertz CT molecular complexity index is 1040. The van der Waals surface area contributed by atoms with Crippen molar-refractivity contribution in [2.24, 2.45) is 0 Å². The quantitative estimate of drug-likeness (QED) is 0.485. The fourth-order valence-corrected chi connectivity index (χ4v) is 3.69. The average molecular weight is 436 g/mol. The molecule has 0 amide bonds. The Labute approximate surface area is 150 Å². The predicted octanol–water partition coefficient (Wildman–Crippen LogP) is 3.87. The lowest BCUT2D eigenvalue weighted by Crippen LogP contribution is -2.00. The van der Waals surface area contributed by atoms with Crippen molar-refractivity contribution in [3.05, 3.63) is 57.1 Å². The average Bonchev–Trinajstić information content (AvgIpc) is 2.84. The van der Waals surface area contributed by atoms with Gasteiger partial charge in [-0.15, -0.1) is 0 Å². The predicted molar refractivity (Wildman–Crippen MR) is 101 cm³/mol. The largest absolute Gasteiger partial charge is 0.383 e. The minimum absolute atomic E-state index is 0.507. The highest BCUT2D eigenvalue weighted by atomic mass is 127. The number of fused-ring (bicyclic) bond motifs is 2. The third-order valence-corrected chi connectivity index (χ3v) is 4.73. The van der Waals surface area contributed by atoms with Crippen LogP contribution in [0.1, 0.15) is 5.56 Å². The summed E-state index contributed by atoms with van der Waals surface area (Å²) in [6.45, 7) is 0.693. The molecule has 0 atom stereocenters. The molecule has 0 aliphatic carbocycles. The lowest BCUT2D eigenvalue weighted by molar-refractivity contribution is 0.823. The van der Waals surface area contributed by atoms with Crippen LogP contribution in [0.25, 0.3) is 21.9 Å². The zero-order valence-corrected chi connectivity index (χ0v) is 14.8. The third kappa shape index (κ3) is 2.61. The third-order valence-electron chi connectivity index (χ3n) is 3.70. The zero-order valence-electron chi connectivity index (χ0n) is 11.9. The van der Waals surface area contributed by atoms with E-state index in [0.29, 0.717) is 17.4 Å². The molecule has 0 fully saturated rings. The van der Waals surface area contributed by atoms with Gasteiger partial charge in [-0.25, -0.2) is 9.97 Å². The number of anilines is 1. The van der Waals surface area contributed by atoms with E-state index in [1.165, 1.54) is 6.33 Å². The molecule has 0 bridgehead atoms. The van der Waals surface area contributed by atoms with Gasteiger partial charge in [0.2, 0.25) is 0 Å². The molecule has 23 heavy (non-hydrogen) atoms. The molecule has 4 rings (SSSR count). The van der Waals surface area contributed by atoms with E-state index in [9.17, 15) is 0 Å². The Morgan fingerprint density at radius 2 is 2.04 bits per heavy atom. The van der Waals surface area contributed by atoms with Gasteiger partial charge in [-0.2, -0.15) is 0 Å². The molecule has 0 radical (unpaired) electrons. The van der Waals surface area contributed by atoms with Crippen molar-refractivity contribution >= 4 is 61.9 Å². The monoisotopic (exact) mass is 435 g/mol. The fourth-order valence-electron chi connectivity index (χ4n) is 2.67. The van der Waals surface area contributed by atoms with Crippen molar-refractivity contribution in [3.8, 4) is 0 Å². The maximum absolute atomic E-state index is 6.03. The molecular formula is C16H11ClIN5. The van der Waals surface area contributed by atoms with Crippen molar-refractivity contribution in [1.82, 2.24) is 19.5 Å². The van der Waals surface area contributed by atoms with E-state index in [1.807, 2.05) is 18.3 Å². The summed E-state index contributed by atoms with van der Waals surface area (Å²) in [6, 6.07) is 8.08. The summed E-state index contributed by atoms with van der Waals surface area (Å²) in [5, 5.41) is 2.56. The zero-order chi connectivity index (χ0) is 16.0. The molecule has 114 valence electrons. The van der Waals surface area contributed by atoms with Crippen LogP contribution in [0.2, 0.25) is 5.02 Å². The molecule has 7 heteroatoms. The summed E-state index contributed by atoms with van der Waals surface area (Å²) in [5.74, 6) is 0.507. The number of nitrogens with zero attached hydrogens (tertiary/aromatic N) is 4. The topological polar surface area (TPSA) is 69.6 Å². The summed E-state index contributed by atoms with van der Waals surface area (Å²) in [6.07, 6.45) is 5.19. The minimum Gasteiger partial charge on any atom is -0.383 e. The molecule has 0 aliphatic rings. The number of rotatable bonds is 2. The molecule has 0 saturated carbocycles. The van der Waals surface area contributed by atoms with Crippen LogP contribution >= 0.6 is 34.2 Å². The van der Waals surface area contributed by atoms with Gasteiger partial charge in [0.1, 0.15) is 17.8 Å². The second-order valence-corrected chi connectivity index (χ2v) is 6.84. The smallest absolute Gasteiger partial charge is 0.146 e. The lowest BCUT2D eigenvalue weighted by Gasteiger charge is -2.06. The second kappa shape index (κ2) is 5.61. The maximum Gasteiger partial charge on any atom is 0.146 e. The number of pyridine rings is 1. The van der Waals surface area contributed by atoms with E-state index in [0.717, 1.165) is 31.1 Å². The number of hydrogen-bond acceptors (Lipinski definition) is 4. The van der Waals surface area contributed by atoms with Gasteiger partial charge in [-0.1, -0.05) is 17.7 Å². The van der Waals surface area contributed by atoms with Crippen LogP contribution in [-0.4, -0.2) is 19.5 Å². The Morgan fingerprint density at radius 3 is 2.91 bits per heavy atom. The molecule has 3 aromatic heterocycles. The number of halogens is 2. The molecule has 0 saturated heterocycles. The summed E-state index contributed by atoms with van der Waals surface area (Å²) < 4.78 is 3.12. The number of hydrogen-bond donors (Lipinski definition) is 1. The van der Waals surface area contributed by atoms with Crippen molar-refractivity contribution < 1.29 is 0 Å². The number of nitrogens with two attached hydrogens (primary N) is 1. The molecular weight excluding hydrogens is 425 g/mol. The van der Waals surface area contributed by atoms with E-state index in [4.69, 9.17) is 17.3 Å². The van der Waals surface area contributed by atoms with Gasteiger partial charge < -0.3 is 10.3 Å². The number of benzene rings is 1. The first-order valence-electron chi connectivity index (χ1n) is 6.91. The van der Waals surface area contributed by atoms with Gasteiger partial charge in [0.05, 0.1) is 15.9 Å². The van der Waals surface area contributed by atoms with Crippen molar-refractivity contribution in [2.75, 3.05) is 5.73 Å². The SMILES string of the molecule is Nc1ncnc2c1c(I)cn2Cc1ccc2ncc(Cl)cc2c1. The van der Waals surface area contributed by atoms with Gasteiger partial charge in [0, 0.05) is 27.9 Å². The van der Waals surface area contributed by atoms with Crippen molar-refractivity contribution in [1.29, 1.82) is 0 Å². The number of aromatic nitrogens is 4.